The number of rotatable bonds is 5. The Balaban J connectivity index is 2.07. The third-order valence-corrected chi connectivity index (χ3v) is 5.29. The van der Waals surface area contributed by atoms with Gasteiger partial charge in [-0.3, -0.25) is 4.72 Å². The summed E-state index contributed by atoms with van der Waals surface area (Å²) in [4.78, 5) is 12.4. The van der Waals surface area contributed by atoms with E-state index in [4.69, 9.17) is 0 Å². The number of anilines is 3. The summed E-state index contributed by atoms with van der Waals surface area (Å²) in [6.45, 7) is 0. The second kappa shape index (κ2) is 6.80. The van der Waals surface area contributed by atoms with Crippen molar-refractivity contribution in [3.63, 3.8) is 0 Å². The molecule has 7 nitrogen and oxygen atoms in total. The topological polar surface area (TPSA) is 78.4 Å². The summed E-state index contributed by atoms with van der Waals surface area (Å²) in [5.41, 5.74) is 0.327. The minimum Gasteiger partial charge on any atom is -0.361 e. The number of nitrogens with one attached hydrogen (secondary N) is 1. The second-order valence-electron chi connectivity index (χ2n) is 6.28. The van der Waals surface area contributed by atoms with Crippen molar-refractivity contribution in [2.75, 3.05) is 42.7 Å². The second-order valence-corrected chi connectivity index (χ2v) is 7.93. The molecule has 26 heavy (non-hydrogen) atoms. The molecule has 2 aromatic carbocycles. The van der Waals surface area contributed by atoms with Gasteiger partial charge in [0.1, 0.15) is 5.69 Å². The maximum Gasteiger partial charge on any atom is 0.262 e. The van der Waals surface area contributed by atoms with E-state index in [1.807, 2.05) is 38.4 Å². The third kappa shape index (κ3) is 3.41. The molecule has 0 aliphatic rings. The summed E-state index contributed by atoms with van der Waals surface area (Å²) in [6, 6.07) is 12.6. The van der Waals surface area contributed by atoms with Crippen molar-refractivity contribution < 1.29 is 8.42 Å². The van der Waals surface area contributed by atoms with Gasteiger partial charge in [-0.15, -0.1) is 0 Å². The van der Waals surface area contributed by atoms with Crippen molar-refractivity contribution in [3.05, 3.63) is 48.7 Å². The van der Waals surface area contributed by atoms with Gasteiger partial charge >= 0.3 is 0 Å². The zero-order chi connectivity index (χ0) is 18.9. The summed E-state index contributed by atoms with van der Waals surface area (Å²) >= 11 is 0. The quantitative estimate of drug-likeness (QED) is 0.743. The minimum absolute atomic E-state index is 0.219. The van der Waals surface area contributed by atoms with Crippen LogP contribution in [0.3, 0.4) is 0 Å². The molecule has 1 heterocycles. The lowest BCUT2D eigenvalue weighted by Crippen LogP contribution is -2.21. The van der Waals surface area contributed by atoms with E-state index in [0.717, 1.165) is 5.39 Å². The molecule has 0 bridgehead atoms. The van der Waals surface area contributed by atoms with E-state index in [2.05, 4.69) is 14.7 Å². The molecule has 0 spiro atoms. The average molecular weight is 371 g/mol. The standard InChI is InChI=1S/C18H21N5O2S/c1-22(2)17-15(12-19-18(20-17)23(3)4)21-26(24,25)16-11-7-9-13-8-5-6-10-14(13)16/h5-12,21H,1-4H3. The highest BCUT2D eigenvalue weighted by Gasteiger charge is 2.21. The van der Waals surface area contributed by atoms with E-state index in [1.165, 1.54) is 6.20 Å². The average Bonchev–Trinajstić information content (AvgIpc) is 2.60. The molecule has 0 aliphatic carbocycles. The lowest BCUT2D eigenvalue weighted by atomic mass is 10.1. The van der Waals surface area contributed by atoms with E-state index in [9.17, 15) is 8.42 Å². The SMILES string of the molecule is CN(C)c1ncc(NS(=O)(=O)c2cccc3ccccc23)c(N(C)C)n1. The highest BCUT2D eigenvalue weighted by molar-refractivity contribution is 7.93. The van der Waals surface area contributed by atoms with Gasteiger partial charge in [-0.05, 0) is 11.5 Å². The molecule has 0 fully saturated rings. The summed E-state index contributed by atoms with van der Waals surface area (Å²) in [5, 5.41) is 1.53. The van der Waals surface area contributed by atoms with Gasteiger partial charge in [0.25, 0.3) is 10.0 Å². The van der Waals surface area contributed by atoms with E-state index in [0.29, 0.717) is 22.8 Å². The Kier molecular flexibility index (Phi) is 4.69. The van der Waals surface area contributed by atoms with Crippen molar-refractivity contribution >= 4 is 38.2 Å². The zero-order valence-corrected chi connectivity index (χ0v) is 15.9. The van der Waals surface area contributed by atoms with Crippen LogP contribution in [0.1, 0.15) is 0 Å². The van der Waals surface area contributed by atoms with Crippen LogP contribution < -0.4 is 14.5 Å². The summed E-state index contributed by atoms with van der Waals surface area (Å²) in [5.74, 6) is 0.995. The normalized spacial score (nSPS) is 11.4. The van der Waals surface area contributed by atoms with E-state index < -0.39 is 10.0 Å². The monoisotopic (exact) mass is 371 g/mol. The first kappa shape index (κ1) is 17.9. The molecule has 3 aromatic rings. The maximum atomic E-state index is 13.0. The molecule has 0 atom stereocenters. The molecule has 1 N–H and O–H groups in total. The molecule has 1 aromatic heterocycles. The Labute approximate surface area is 153 Å². The molecule has 0 aliphatic heterocycles. The number of nitrogens with zero attached hydrogens (tertiary/aromatic N) is 4. The number of sulfonamides is 1. The largest absolute Gasteiger partial charge is 0.361 e. The van der Waals surface area contributed by atoms with Crippen LogP contribution in [-0.4, -0.2) is 46.6 Å². The molecule has 136 valence electrons. The first-order valence-electron chi connectivity index (χ1n) is 8.02. The lowest BCUT2D eigenvalue weighted by Gasteiger charge is -2.20. The van der Waals surface area contributed by atoms with Gasteiger partial charge in [0.05, 0.1) is 11.1 Å². The van der Waals surface area contributed by atoms with Crippen LogP contribution in [0.2, 0.25) is 0 Å². The molecular formula is C18H21N5O2S. The summed E-state index contributed by atoms with van der Waals surface area (Å²) in [6.07, 6.45) is 1.49. The minimum atomic E-state index is -3.80. The Morgan fingerprint density at radius 2 is 1.62 bits per heavy atom. The summed E-state index contributed by atoms with van der Waals surface area (Å²) < 4.78 is 28.7. The molecular weight excluding hydrogens is 350 g/mol. The van der Waals surface area contributed by atoms with Crippen LogP contribution in [0.15, 0.2) is 53.6 Å². The highest BCUT2D eigenvalue weighted by Crippen LogP contribution is 2.28. The van der Waals surface area contributed by atoms with Crippen LogP contribution in [0.5, 0.6) is 0 Å². The molecule has 0 unspecified atom stereocenters. The molecule has 8 heteroatoms. The van der Waals surface area contributed by atoms with Crippen LogP contribution in [0.4, 0.5) is 17.5 Å². The van der Waals surface area contributed by atoms with Gasteiger partial charge in [-0.25, -0.2) is 13.4 Å². The van der Waals surface area contributed by atoms with Gasteiger partial charge in [-0.1, -0.05) is 36.4 Å². The van der Waals surface area contributed by atoms with Gasteiger partial charge < -0.3 is 9.80 Å². The number of aromatic nitrogens is 2. The van der Waals surface area contributed by atoms with Crippen LogP contribution in [0.25, 0.3) is 10.8 Å². The van der Waals surface area contributed by atoms with E-state index in [-0.39, 0.29) is 4.90 Å². The first-order valence-corrected chi connectivity index (χ1v) is 9.50. The number of hydrogen-bond acceptors (Lipinski definition) is 6. The fourth-order valence-electron chi connectivity index (χ4n) is 2.62. The van der Waals surface area contributed by atoms with Gasteiger partial charge in [-0.2, -0.15) is 4.98 Å². The van der Waals surface area contributed by atoms with Crippen LogP contribution in [-0.2, 0) is 10.0 Å². The fraction of sp³-hybridized carbons (Fsp3) is 0.222. The maximum absolute atomic E-state index is 13.0. The molecule has 0 radical (unpaired) electrons. The van der Waals surface area contributed by atoms with Crippen molar-refractivity contribution in [2.45, 2.75) is 4.90 Å². The predicted molar refractivity (Wildman–Crippen MR) is 105 cm³/mol. The fourth-order valence-corrected chi connectivity index (χ4v) is 3.90. The first-order chi connectivity index (χ1) is 12.3. The third-order valence-electron chi connectivity index (χ3n) is 3.86. The number of benzene rings is 2. The van der Waals surface area contributed by atoms with Gasteiger partial charge in [0.2, 0.25) is 5.95 Å². The summed E-state index contributed by atoms with van der Waals surface area (Å²) in [7, 11) is 3.46. The Bertz CT molecular complexity index is 1040. The van der Waals surface area contributed by atoms with Crippen molar-refractivity contribution in [3.8, 4) is 0 Å². The lowest BCUT2D eigenvalue weighted by molar-refractivity contribution is 0.602. The Hall–Kier alpha value is -2.87. The predicted octanol–water partition coefficient (Wildman–Crippen LogP) is 2.56. The van der Waals surface area contributed by atoms with Gasteiger partial charge in [0, 0.05) is 33.6 Å². The van der Waals surface area contributed by atoms with E-state index in [1.54, 1.807) is 42.1 Å². The number of hydrogen-bond donors (Lipinski definition) is 1. The number of fused-ring (bicyclic) bond motifs is 1. The van der Waals surface area contributed by atoms with E-state index >= 15 is 0 Å². The molecule has 0 saturated carbocycles. The van der Waals surface area contributed by atoms with Crippen molar-refractivity contribution in [1.29, 1.82) is 0 Å². The highest BCUT2D eigenvalue weighted by atomic mass is 32.2. The Morgan fingerprint density at radius 1 is 0.923 bits per heavy atom. The zero-order valence-electron chi connectivity index (χ0n) is 15.1. The smallest absolute Gasteiger partial charge is 0.262 e. The van der Waals surface area contributed by atoms with Gasteiger partial charge in [0.15, 0.2) is 5.82 Å². The molecule has 0 saturated heterocycles. The molecule has 3 rings (SSSR count). The van der Waals surface area contributed by atoms with Crippen molar-refractivity contribution in [2.24, 2.45) is 0 Å². The van der Waals surface area contributed by atoms with Crippen LogP contribution in [0, 0.1) is 0 Å². The van der Waals surface area contributed by atoms with Crippen molar-refractivity contribution in [1.82, 2.24) is 9.97 Å². The molecule has 0 amide bonds. The van der Waals surface area contributed by atoms with Crippen LogP contribution >= 0.6 is 0 Å². The Morgan fingerprint density at radius 3 is 2.31 bits per heavy atom.